The first-order valence-electron chi connectivity index (χ1n) is 12.8. The lowest BCUT2D eigenvalue weighted by atomic mass is 9.67. The monoisotopic (exact) mass is 966 g/mol. The van der Waals surface area contributed by atoms with E-state index in [1.807, 2.05) is 0 Å². The second kappa shape index (κ2) is 12.7. The lowest BCUT2D eigenvalue weighted by Crippen LogP contribution is -2.90. The Morgan fingerprint density at radius 3 is 0.763 bits per heavy atom. The largest absolute Gasteiger partial charge is 0.473 e. The zero-order valence-corrected chi connectivity index (χ0v) is 25.8. The third kappa shape index (κ3) is 5.42. The van der Waals surface area contributed by atoms with Gasteiger partial charge in [0.1, 0.15) is 0 Å². The van der Waals surface area contributed by atoms with Crippen molar-refractivity contribution < 1.29 is 163 Å². The highest BCUT2D eigenvalue weighted by Crippen LogP contribution is 2.76. The molecule has 1 fully saturated rings. The molecule has 0 spiro atoms. The molecule has 37 heteroatoms. The number of carbonyl (C=O) groups excluding carboxylic acids is 1. The Labute approximate surface area is 296 Å². The molecule has 0 unspecified atom stereocenters. The Balaban J connectivity index is 4.21. The molecule has 1 aliphatic rings. The van der Waals surface area contributed by atoms with Crippen molar-refractivity contribution in [1.29, 1.82) is 0 Å². The van der Waals surface area contributed by atoms with Gasteiger partial charge in [-0.25, -0.2) is 9.18 Å². The van der Waals surface area contributed by atoms with Gasteiger partial charge in [-0.2, -0.15) is 149 Å². The minimum atomic E-state index is -10.5. The molecule has 0 N–H and O–H groups in total. The molecule has 1 saturated carbocycles. The topological polar surface area (TPSA) is 26.3 Å². The molecule has 0 atom stereocenters. The van der Waals surface area contributed by atoms with Gasteiger partial charge in [0.05, 0.1) is 0 Å². The zero-order chi connectivity index (χ0) is 48.9. The van der Waals surface area contributed by atoms with Crippen molar-refractivity contribution in [3.8, 4) is 0 Å². The predicted molar refractivity (Wildman–Crippen MR) is 109 cm³/mol. The van der Waals surface area contributed by atoms with Gasteiger partial charge in [0.15, 0.2) is 0 Å². The van der Waals surface area contributed by atoms with Crippen LogP contribution < -0.4 is 0 Å². The summed E-state index contributed by atoms with van der Waals surface area (Å²) in [6, 6.07) is 0. The summed E-state index contributed by atoms with van der Waals surface area (Å²) in [6.07, 6.45) is -7.86. The fraction of sp³-hybridized carbons (Fsp3) is 0.864. The van der Waals surface area contributed by atoms with Gasteiger partial charge in [-0.1, -0.05) is 6.58 Å². The van der Waals surface area contributed by atoms with Crippen LogP contribution in [0.3, 0.4) is 0 Å². The minimum Gasteiger partial charge on any atom is -0.393 e. The summed E-state index contributed by atoms with van der Waals surface area (Å²) in [5.74, 6) is -160. The molecular formula is C22H5F35O2. The van der Waals surface area contributed by atoms with Crippen molar-refractivity contribution in [2.45, 2.75) is 113 Å². The molecule has 1 rings (SSSR count). The van der Waals surface area contributed by atoms with Crippen LogP contribution in [0.2, 0.25) is 0 Å². The summed E-state index contributed by atoms with van der Waals surface area (Å²) >= 11 is 0. The Kier molecular flexibility index (Phi) is 11.5. The molecule has 350 valence electrons. The van der Waals surface area contributed by atoms with E-state index in [1.165, 1.54) is 0 Å². The first-order chi connectivity index (χ1) is 24.8. The van der Waals surface area contributed by atoms with Crippen molar-refractivity contribution in [1.82, 2.24) is 0 Å². The maximum Gasteiger partial charge on any atom is 0.473 e. The quantitative estimate of drug-likeness (QED) is 0.0985. The van der Waals surface area contributed by atoms with Crippen LogP contribution in [0.5, 0.6) is 0 Å². The predicted octanol–water partition coefficient (Wildman–Crippen LogP) is 11.6. The lowest BCUT2D eigenvalue weighted by molar-refractivity contribution is -0.528. The molecule has 0 bridgehead atoms. The average Bonchev–Trinajstić information content (AvgIpc) is 3.01. The summed E-state index contributed by atoms with van der Waals surface area (Å²) in [5, 5.41) is 0. The van der Waals surface area contributed by atoms with Crippen molar-refractivity contribution >= 4 is 5.97 Å². The molecule has 1 aliphatic carbocycles. The van der Waals surface area contributed by atoms with Gasteiger partial charge in [-0.3, -0.25) is 0 Å². The van der Waals surface area contributed by atoms with Crippen LogP contribution in [-0.4, -0.2) is 113 Å². The second-order valence-electron chi connectivity index (χ2n) is 11.5. The molecule has 0 radical (unpaired) electrons. The number of rotatable bonds is 14. The Morgan fingerprint density at radius 2 is 0.542 bits per heavy atom. The highest BCUT2D eigenvalue weighted by molar-refractivity contribution is 5.87. The Hall–Kier alpha value is -3.24. The van der Waals surface area contributed by atoms with Gasteiger partial charge in [0.25, 0.3) is 0 Å². The van der Waals surface area contributed by atoms with Crippen LogP contribution in [0.4, 0.5) is 154 Å². The second-order valence-corrected chi connectivity index (χ2v) is 11.5. The van der Waals surface area contributed by atoms with Gasteiger partial charge < -0.3 is 4.74 Å². The lowest BCUT2D eigenvalue weighted by Gasteiger charge is -2.55. The third-order valence-corrected chi connectivity index (χ3v) is 7.75. The van der Waals surface area contributed by atoms with Crippen LogP contribution in [0.15, 0.2) is 12.2 Å². The highest BCUT2D eigenvalue weighted by Gasteiger charge is 3.09. The van der Waals surface area contributed by atoms with E-state index in [1.54, 1.807) is 0 Å². The fourth-order valence-corrected chi connectivity index (χ4v) is 4.06. The molecule has 59 heavy (non-hydrogen) atoms. The number of esters is 1. The number of halogens is 35. The summed E-state index contributed by atoms with van der Waals surface area (Å²) in [4.78, 5) is 10.9. The first-order valence-corrected chi connectivity index (χ1v) is 12.8. The summed E-state index contributed by atoms with van der Waals surface area (Å²) in [7, 11) is 0. The average molecular weight is 966 g/mol. The number of ether oxygens (including phenoxy) is 1. The van der Waals surface area contributed by atoms with E-state index in [2.05, 4.69) is 11.3 Å². The van der Waals surface area contributed by atoms with E-state index >= 15 is 0 Å². The molecule has 0 amide bonds. The van der Waals surface area contributed by atoms with Crippen LogP contribution in [-0.2, 0) is 9.53 Å². The fourth-order valence-electron chi connectivity index (χ4n) is 4.06. The maximum atomic E-state index is 14.6. The molecule has 0 aromatic heterocycles. The molecule has 0 saturated heterocycles. The van der Waals surface area contributed by atoms with Gasteiger partial charge in [-0.05, 0) is 6.92 Å². The van der Waals surface area contributed by atoms with E-state index in [0.717, 1.165) is 0 Å². The van der Waals surface area contributed by atoms with Crippen molar-refractivity contribution in [2.24, 2.45) is 0 Å². The third-order valence-electron chi connectivity index (χ3n) is 7.75. The van der Waals surface area contributed by atoms with Gasteiger partial charge in [-0.15, -0.1) is 0 Å². The van der Waals surface area contributed by atoms with E-state index in [9.17, 15) is 158 Å². The van der Waals surface area contributed by atoms with E-state index < -0.39 is 118 Å². The number of carbonyl (C=O) groups is 1. The number of alkyl halides is 35. The first kappa shape index (κ1) is 53.8. The molecule has 0 aromatic rings. The van der Waals surface area contributed by atoms with Crippen LogP contribution in [0.1, 0.15) is 6.92 Å². The molecular weight excluding hydrogens is 961 g/mol. The normalized spacial score (nSPS) is 22.2. The summed E-state index contributed by atoms with van der Waals surface area (Å²) in [6.45, 7) is 2.31. The standard InChI is InChI=1S/C22H5F35O2/c1-3(2)4(58)59-22(56,57)21(54,55)20(52,53)19(50,51)18(48,49)17(46,47)16(44,45)15(42,43)14(40,41)13(38,39)11(34,35)8(28,29)5(23)6(24,25)9(30,31)12(36,37)10(32,33)7(5,26)27/h1H2,2H3. The van der Waals surface area contributed by atoms with E-state index in [4.69, 9.17) is 0 Å². The molecule has 0 aromatic carbocycles. The molecule has 0 aliphatic heterocycles. The maximum absolute atomic E-state index is 14.6. The smallest absolute Gasteiger partial charge is 0.393 e. The summed E-state index contributed by atoms with van der Waals surface area (Å²) in [5.41, 5.74) is -11.8. The Bertz CT molecular complexity index is 1630. The van der Waals surface area contributed by atoms with Crippen molar-refractivity contribution in [2.75, 3.05) is 0 Å². The SMILES string of the molecule is C=C(C)C(=O)OC(F)(F)C(F)(F)C(F)(F)C(F)(F)C(F)(F)C(F)(F)C(F)(F)C(F)(F)C(F)(F)C(F)(F)C(F)(F)C(F)(F)C1(F)C(F)(F)C(F)(F)C(F)(F)C(F)(F)C1(F)F. The van der Waals surface area contributed by atoms with Crippen LogP contribution >= 0.6 is 0 Å². The molecule has 0 heterocycles. The number of hydrogen-bond acceptors (Lipinski definition) is 2. The molecule has 2 nitrogen and oxygen atoms in total. The Morgan fingerprint density at radius 1 is 0.356 bits per heavy atom. The minimum absolute atomic E-state index is 0.0743. The van der Waals surface area contributed by atoms with Crippen LogP contribution in [0, 0.1) is 0 Å². The van der Waals surface area contributed by atoms with Gasteiger partial charge in [0.2, 0.25) is 0 Å². The van der Waals surface area contributed by atoms with Gasteiger partial charge in [0, 0.05) is 5.57 Å². The summed E-state index contributed by atoms with van der Waals surface area (Å²) < 4.78 is 488. The zero-order valence-electron chi connectivity index (χ0n) is 25.8. The van der Waals surface area contributed by atoms with Gasteiger partial charge >= 0.3 is 113 Å². The van der Waals surface area contributed by atoms with Crippen molar-refractivity contribution in [3.63, 3.8) is 0 Å². The van der Waals surface area contributed by atoms with E-state index in [0.29, 0.717) is 0 Å². The van der Waals surface area contributed by atoms with Crippen molar-refractivity contribution in [3.05, 3.63) is 12.2 Å². The number of hydrogen-bond donors (Lipinski definition) is 0. The van der Waals surface area contributed by atoms with E-state index in [-0.39, 0.29) is 6.92 Å². The highest BCUT2D eigenvalue weighted by atomic mass is 19.4. The van der Waals surface area contributed by atoms with Crippen LogP contribution in [0.25, 0.3) is 0 Å².